The summed E-state index contributed by atoms with van der Waals surface area (Å²) in [6, 6.07) is 0.330. The summed E-state index contributed by atoms with van der Waals surface area (Å²) < 4.78 is 0. The molecular weight excluding hydrogens is 194 g/mol. The van der Waals surface area contributed by atoms with Gasteiger partial charge in [0.15, 0.2) is 0 Å². The number of nitrogens with two attached hydrogens (primary N) is 1. The normalized spacial score (nSPS) is 14.1. The van der Waals surface area contributed by atoms with Crippen molar-refractivity contribution in [3.63, 3.8) is 0 Å². The Kier molecular flexibility index (Phi) is 8.28. The number of rotatable bonds is 7. The second-order valence-electron chi connectivity index (χ2n) is 5.48. The third kappa shape index (κ3) is 9.97. The molecule has 0 saturated heterocycles. The molecule has 0 radical (unpaired) electrons. The molecule has 0 aromatic rings. The van der Waals surface area contributed by atoms with Gasteiger partial charge in [-0.2, -0.15) is 0 Å². The third-order valence-electron chi connectivity index (χ3n) is 2.75. The highest BCUT2D eigenvalue weighted by Crippen LogP contribution is 2.15. The van der Waals surface area contributed by atoms with E-state index in [9.17, 15) is 0 Å². The fraction of sp³-hybridized carbons (Fsp3) is 0.733. The van der Waals surface area contributed by atoms with Crippen LogP contribution in [-0.4, -0.2) is 6.04 Å². The van der Waals surface area contributed by atoms with E-state index in [1.807, 2.05) is 0 Å². The molecule has 94 valence electrons. The molecule has 1 heteroatoms. The van der Waals surface area contributed by atoms with E-state index in [2.05, 4.69) is 46.8 Å². The molecule has 0 heterocycles. The first kappa shape index (κ1) is 15.4. The van der Waals surface area contributed by atoms with Crippen molar-refractivity contribution in [2.75, 3.05) is 0 Å². The van der Waals surface area contributed by atoms with E-state index in [1.165, 1.54) is 24.0 Å². The first-order valence-corrected chi connectivity index (χ1v) is 6.44. The van der Waals surface area contributed by atoms with Crippen LogP contribution in [-0.2, 0) is 0 Å². The van der Waals surface area contributed by atoms with Crippen LogP contribution in [0.25, 0.3) is 0 Å². The minimum absolute atomic E-state index is 0.330. The number of hydrogen-bond acceptors (Lipinski definition) is 1. The fourth-order valence-electron chi connectivity index (χ4n) is 1.77. The minimum atomic E-state index is 0.330. The maximum absolute atomic E-state index is 6.09. The average Bonchev–Trinajstić information content (AvgIpc) is 2.14. The van der Waals surface area contributed by atoms with Crippen molar-refractivity contribution in [2.45, 2.75) is 66.3 Å². The lowest BCUT2D eigenvalue weighted by molar-refractivity contribution is 0.441. The van der Waals surface area contributed by atoms with Crippen LogP contribution in [0.5, 0.6) is 0 Å². The molecule has 0 aliphatic heterocycles. The highest BCUT2D eigenvalue weighted by molar-refractivity contribution is 4.95. The SMILES string of the molecule is CC(C)=CCC[C@H](C)C[C@@H](N)CC=C(C)C. The second kappa shape index (κ2) is 8.58. The Labute approximate surface area is 102 Å². The van der Waals surface area contributed by atoms with Gasteiger partial charge in [0.1, 0.15) is 0 Å². The van der Waals surface area contributed by atoms with Crippen molar-refractivity contribution in [1.29, 1.82) is 0 Å². The van der Waals surface area contributed by atoms with Crippen molar-refractivity contribution in [3.8, 4) is 0 Å². The Morgan fingerprint density at radius 1 is 1.06 bits per heavy atom. The van der Waals surface area contributed by atoms with E-state index in [0.717, 1.165) is 18.8 Å². The first-order valence-electron chi connectivity index (χ1n) is 6.44. The highest BCUT2D eigenvalue weighted by Gasteiger charge is 2.07. The summed E-state index contributed by atoms with van der Waals surface area (Å²) in [6.45, 7) is 10.9. The van der Waals surface area contributed by atoms with Crippen LogP contribution in [0.4, 0.5) is 0 Å². The smallest absolute Gasteiger partial charge is 0.00760 e. The van der Waals surface area contributed by atoms with Crippen molar-refractivity contribution < 1.29 is 0 Å². The van der Waals surface area contributed by atoms with E-state index in [4.69, 9.17) is 5.73 Å². The van der Waals surface area contributed by atoms with Crippen molar-refractivity contribution >= 4 is 0 Å². The van der Waals surface area contributed by atoms with Gasteiger partial charge in [-0.15, -0.1) is 0 Å². The zero-order valence-corrected chi connectivity index (χ0v) is 11.7. The zero-order valence-electron chi connectivity index (χ0n) is 11.7. The fourth-order valence-corrected chi connectivity index (χ4v) is 1.77. The summed E-state index contributed by atoms with van der Waals surface area (Å²) in [5.41, 5.74) is 8.88. The number of hydrogen-bond donors (Lipinski definition) is 1. The highest BCUT2D eigenvalue weighted by atomic mass is 14.6. The molecule has 0 rings (SSSR count). The molecule has 0 aliphatic rings. The molecule has 2 N–H and O–H groups in total. The molecule has 0 aromatic carbocycles. The van der Waals surface area contributed by atoms with Crippen molar-refractivity contribution in [1.82, 2.24) is 0 Å². The summed E-state index contributed by atoms with van der Waals surface area (Å²) in [4.78, 5) is 0. The molecule has 0 aromatic heterocycles. The van der Waals surface area contributed by atoms with Gasteiger partial charge in [0, 0.05) is 6.04 Å². The van der Waals surface area contributed by atoms with Gasteiger partial charge < -0.3 is 5.73 Å². The summed E-state index contributed by atoms with van der Waals surface area (Å²) in [7, 11) is 0. The van der Waals surface area contributed by atoms with E-state index in [1.54, 1.807) is 0 Å². The van der Waals surface area contributed by atoms with Crippen LogP contribution >= 0.6 is 0 Å². The van der Waals surface area contributed by atoms with Crippen molar-refractivity contribution in [2.24, 2.45) is 11.7 Å². The van der Waals surface area contributed by atoms with Gasteiger partial charge in [0.05, 0.1) is 0 Å². The Hall–Kier alpha value is -0.560. The Morgan fingerprint density at radius 2 is 1.62 bits per heavy atom. The average molecular weight is 223 g/mol. The Bertz CT molecular complexity index is 230. The lowest BCUT2D eigenvalue weighted by Gasteiger charge is -2.15. The standard InChI is InChI=1S/C15H29N/c1-12(2)7-6-8-14(5)11-15(16)10-9-13(3)4/h7,9,14-15H,6,8,10-11,16H2,1-5H3/t14-,15-/m0/s1. The molecule has 2 atom stereocenters. The maximum atomic E-state index is 6.09. The Balaban J connectivity index is 3.74. The summed E-state index contributed by atoms with van der Waals surface area (Å²) >= 11 is 0. The molecule has 0 aliphatic carbocycles. The van der Waals surface area contributed by atoms with Gasteiger partial charge in [0.2, 0.25) is 0 Å². The lowest BCUT2D eigenvalue weighted by Crippen LogP contribution is -2.22. The molecule has 0 bridgehead atoms. The molecule has 0 spiro atoms. The summed E-state index contributed by atoms with van der Waals surface area (Å²) in [5, 5.41) is 0. The Morgan fingerprint density at radius 3 is 2.12 bits per heavy atom. The summed E-state index contributed by atoms with van der Waals surface area (Å²) in [6.07, 6.45) is 9.17. The van der Waals surface area contributed by atoms with Crippen molar-refractivity contribution in [3.05, 3.63) is 23.3 Å². The van der Waals surface area contributed by atoms with Crippen LogP contribution in [0, 0.1) is 5.92 Å². The van der Waals surface area contributed by atoms with Crippen LogP contribution < -0.4 is 5.73 Å². The van der Waals surface area contributed by atoms with Gasteiger partial charge in [0.25, 0.3) is 0 Å². The van der Waals surface area contributed by atoms with Gasteiger partial charge in [-0.1, -0.05) is 30.2 Å². The lowest BCUT2D eigenvalue weighted by atomic mass is 9.95. The summed E-state index contributed by atoms with van der Waals surface area (Å²) in [5.74, 6) is 0.733. The van der Waals surface area contributed by atoms with E-state index >= 15 is 0 Å². The monoisotopic (exact) mass is 223 g/mol. The second-order valence-corrected chi connectivity index (χ2v) is 5.48. The van der Waals surface area contributed by atoms with E-state index in [0.29, 0.717) is 6.04 Å². The molecular formula is C15H29N. The molecule has 0 amide bonds. The molecule has 1 nitrogen and oxygen atoms in total. The predicted octanol–water partition coefficient (Wildman–Crippen LogP) is 4.44. The third-order valence-corrected chi connectivity index (χ3v) is 2.75. The van der Waals surface area contributed by atoms with Crippen LogP contribution in [0.1, 0.15) is 60.3 Å². The topological polar surface area (TPSA) is 26.0 Å². The number of allylic oxidation sites excluding steroid dienone is 3. The maximum Gasteiger partial charge on any atom is 0.00760 e. The first-order chi connectivity index (χ1) is 7.41. The molecule has 16 heavy (non-hydrogen) atoms. The van der Waals surface area contributed by atoms with Crippen LogP contribution in [0.3, 0.4) is 0 Å². The van der Waals surface area contributed by atoms with Crippen LogP contribution in [0.2, 0.25) is 0 Å². The van der Waals surface area contributed by atoms with Gasteiger partial charge in [-0.3, -0.25) is 0 Å². The van der Waals surface area contributed by atoms with Gasteiger partial charge >= 0.3 is 0 Å². The van der Waals surface area contributed by atoms with Gasteiger partial charge in [-0.25, -0.2) is 0 Å². The molecule has 0 saturated carbocycles. The minimum Gasteiger partial charge on any atom is -0.327 e. The van der Waals surface area contributed by atoms with E-state index < -0.39 is 0 Å². The molecule has 0 fully saturated rings. The molecule has 0 unspecified atom stereocenters. The predicted molar refractivity (Wildman–Crippen MR) is 74.5 cm³/mol. The van der Waals surface area contributed by atoms with Gasteiger partial charge in [-0.05, 0) is 59.3 Å². The quantitative estimate of drug-likeness (QED) is 0.634. The zero-order chi connectivity index (χ0) is 12.6. The van der Waals surface area contributed by atoms with E-state index in [-0.39, 0.29) is 0 Å². The van der Waals surface area contributed by atoms with Crippen LogP contribution in [0.15, 0.2) is 23.3 Å². The largest absolute Gasteiger partial charge is 0.327 e.